The van der Waals surface area contributed by atoms with Gasteiger partial charge < -0.3 is 0 Å². The Morgan fingerprint density at radius 2 is 2.11 bits per heavy atom. The van der Waals surface area contributed by atoms with Crippen LogP contribution in [0.4, 0.5) is 0 Å². The van der Waals surface area contributed by atoms with Gasteiger partial charge in [-0.05, 0) is 42.8 Å². The highest BCUT2D eigenvalue weighted by Crippen LogP contribution is 2.18. The Labute approximate surface area is 110 Å². The second kappa shape index (κ2) is 4.42. The molecule has 0 saturated heterocycles. The fourth-order valence-corrected chi connectivity index (χ4v) is 2.16. The van der Waals surface area contributed by atoms with Crippen molar-refractivity contribution in [2.75, 3.05) is 0 Å². The summed E-state index contributed by atoms with van der Waals surface area (Å²) in [6, 6.07) is 9.76. The Morgan fingerprint density at radius 3 is 2.94 bits per heavy atom. The zero-order chi connectivity index (χ0) is 12.5. The largest absolute Gasteiger partial charge is 0.266 e. The molecule has 0 saturated carbocycles. The molecule has 0 unspecified atom stereocenters. The van der Waals surface area contributed by atoms with Gasteiger partial charge in [-0.3, -0.25) is 9.67 Å². The summed E-state index contributed by atoms with van der Waals surface area (Å²) in [5.41, 5.74) is 3.17. The first kappa shape index (κ1) is 11.2. The Balaban J connectivity index is 1.95. The smallest absolute Gasteiger partial charge is 0.0924 e. The monoisotopic (exact) mass is 257 g/mol. The van der Waals surface area contributed by atoms with Crippen LogP contribution >= 0.6 is 11.6 Å². The van der Waals surface area contributed by atoms with E-state index in [1.165, 1.54) is 5.56 Å². The van der Waals surface area contributed by atoms with E-state index in [1.807, 2.05) is 41.3 Å². The van der Waals surface area contributed by atoms with E-state index in [0.717, 1.165) is 21.6 Å². The van der Waals surface area contributed by atoms with E-state index in [0.29, 0.717) is 6.54 Å². The Morgan fingerprint density at radius 1 is 1.22 bits per heavy atom. The zero-order valence-corrected chi connectivity index (χ0v) is 10.7. The molecule has 0 atom stereocenters. The molecule has 3 aromatic rings. The molecule has 2 heterocycles. The van der Waals surface area contributed by atoms with E-state index in [9.17, 15) is 0 Å². The maximum absolute atomic E-state index is 5.96. The standard InChI is InChI=1S/C14H12ClN3/c1-10-4-5-16-13(6-10)9-18-8-11-7-12(15)2-3-14(11)17-18/h2-8H,9H2,1H3. The SMILES string of the molecule is Cc1ccnc(Cn2cc3cc(Cl)ccc3n2)c1. The van der Waals surface area contributed by atoms with Crippen molar-refractivity contribution < 1.29 is 0 Å². The predicted molar refractivity (Wildman–Crippen MR) is 72.8 cm³/mol. The van der Waals surface area contributed by atoms with Crippen molar-refractivity contribution in [2.45, 2.75) is 13.5 Å². The lowest BCUT2D eigenvalue weighted by Gasteiger charge is -2.01. The second-order valence-electron chi connectivity index (χ2n) is 4.35. The van der Waals surface area contributed by atoms with Gasteiger partial charge in [-0.2, -0.15) is 5.10 Å². The van der Waals surface area contributed by atoms with Crippen LogP contribution < -0.4 is 0 Å². The van der Waals surface area contributed by atoms with Gasteiger partial charge in [-0.25, -0.2) is 0 Å². The summed E-state index contributed by atoms with van der Waals surface area (Å²) in [6.07, 6.45) is 3.82. The summed E-state index contributed by atoms with van der Waals surface area (Å²) >= 11 is 5.96. The first-order valence-electron chi connectivity index (χ1n) is 5.75. The maximum atomic E-state index is 5.96. The van der Waals surface area contributed by atoms with E-state index in [1.54, 1.807) is 0 Å². The molecule has 1 aromatic carbocycles. The van der Waals surface area contributed by atoms with Crippen molar-refractivity contribution in [3.63, 3.8) is 0 Å². The van der Waals surface area contributed by atoms with Crippen molar-refractivity contribution >= 4 is 22.5 Å². The third-order valence-corrected chi connectivity index (χ3v) is 3.05. The maximum Gasteiger partial charge on any atom is 0.0924 e. The molecule has 3 rings (SSSR count). The van der Waals surface area contributed by atoms with Crippen LogP contribution in [0, 0.1) is 6.92 Å². The van der Waals surface area contributed by atoms with E-state index < -0.39 is 0 Å². The molecule has 4 heteroatoms. The van der Waals surface area contributed by atoms with Crippen LogP contribution in [0.1, 0.15) is 11.3 Å². The van der Waals surface area contributed by atoms with Crippen molar-refractivity contribution in [3.8, 4) is 0 Å². The first-order chi connectivity index (χ1) is 8.70. The molecule has 0 aliphatic rings. The fraction of sp³-hybridized carbons (Fsp3) is 0.143. The van der Waals surface area contributed by atoms with Gasteiger partial charge in [0.1, 0.15) is 0 Å². The van der Waals surface area contributed by atoms with Crippen molar-refractivity contribution in [1.82, 2.24) is 14.8 Å². The van der Waals surface area contributed by atoms with Gasteiger partial charge in [0.2, 0.25) is 0 Å². The molecule has 18 heavy (non-hydrogen) atoms. The number of hydrogen-bond acceptors (Lipinski definition) is 2. The van der Waals surface area contributed by atoms with Gasteiger partial charge in [0.15, 0.2) is 0 Å². The minimum absolute atomic E-state index is 0.675. The van der Waals surface area contributed by atoms with E-state index in [2.05, 4.69) is 23.1 Å². The Bertz CT molecular complexity index is 703. The average molecular weight is 258 g/mol. The summed E-state index contributed by atoms with van der Waals surface area (Å²) < 4.78 is 1.89. The molecule has 0 spiro atoms. The van der Waals surface area contributed by atoms with E-state index in [4.69, 9.17) is 11.6 Å². The van der Waals surface area contributed by atoms with Crippen molar-refractivity contribution in [3.05, 3.63) is 59.0 Å². The molecule has 0 N–H and O–H groups in total. The van der Waals surface area contributed by atoms with Gasteiger partial charge >= 0.3 is 0 Å². The van der Waals surface area contributed by atoms with Crippen LogP contribution in [0.5, 0.6) is 0 Å². The van der Waals surface area contributed by atoms with Gasteiger partial charge in [0.25, 0.3) is 0 Å². The molecule has 3 nitrogen and oxygen atoms in total. The lowest BCUT2D eigenvalue weighted by Crippen LogP contribution is -2.02. The summed E-state index contributed by atoms with van der Waals surface area (Å²) in [4.78, 5) is 4.34. The molecule has 0 fully saturated rings. The molecule has 0 aliphatic heterocycles. The lowest BCUT2D eigenvalue weighted by atomic mass is 10.2. The molecule has 90 valence electrons. The highest BCUT2D eigenvalue weighted by Gasteiger charge is 2.03. The van der Waals surface area contributed by atoms with Gasteiger partial charge in [-0.1, -0.05) is 11.6 Å². The fourth-order valence-electron chi connectivity index (χ4n) is 1.98. The van der Waals surface area contributed by atoms with Crippen molar-refractivity contribution in [1.29, 1.82) is 0 Å². The summed E-state index contributed by atoms with van der Waals surface area (Å²) in [6.45, 7) is 2.73. The highest BCUT2D eigenvalue weighted by molar-refractivity contribution is 6.31. The van der Waals surface area contributed by atoms with Gasteiger partial charge in [0.05, 0.1) is 17.8 Å². The molecule has 2 aromatic heterocycles. The number of hydrogen-bond donors (Lipinski definition) is 0. The number of nitrogens with zero attached hydrogens (tertiary/aromatic N) is 3. The number of rotatable bonds is 2. The second-order valence-corrected chi connectivity index (χ2v) is 4.79. The molecule has 0 amide bonds. The third kappa shape index (κ3) is 2.22. The minimum Gasteiger partial charge on any atom is -0.266 e. The van der Waals surface area contributed by atoms with Gasteiger partial charge in [-0.15, -0.1) is 0 Å². The highest BCUT2D eigenvalue weighted by atomic mass is 35.5. The summed E-state index contributed by atoms with van der Waals surface area (Å²) in [5.74, 6) is 0. The van der Waals surface area contributed by atoms with Crippen molar-refractivity contribution in [2.24, 2.45) is 0 Å². The topological polar surface area (TPSA) is 30.7 Å². The van der Waals surface area contributed by atoms with Crippen LogP contribution in [0.2, 0.25) is 5.02 Å². The molecule has 0 radical (unpaired) electrons. The Kier molecular flexibility index (Phi) is 2.76. The van der Waals surface area contributed by atoms with Crippen LogP contribution in [0.3, 0.4) is 0 Å². The molecular formula is C14H12ClN3. The number of fused-ring (bicyclic) bond motifs is 1. The predicted octanol–water partition coefficient (Wildman–Crippen LogP) is 3.44. The van der Waals surface area contributed by atoms with Gasteiger partial charge in [0, 0.05) is 22.8 Å². The third-order valence-electron chi connectivity index (χ3n) is 2.81. The number of halogens is 1. The van der Waals surface area contributed by atoms with Crippen LogP contribution in [0.15, 0.2) is 42.7 Å². The van der Waals surface area contributed by atoms with Crippen LogP contribution in [-0.4, -0.2) is 14.8 Å². The van der Waals surface area contributed by atoms with Crippen LogP contribution in [0.25, 0.3) is 10.9 Å². The normalized spacial score (nSPS) is 11.0. The summed E-state index contributed by atoms with van der Waals surface area (Å²) in [5, 5.41) is 6.28. The number of aryl methyl sites for hydroxylation is 1. The number of aromatic nitrogens is 3. The number of pyridine rings is 1. The molecule has 0 bridgehead atoms. The van der Waals surface area contributed by atoms with E-state index >= 15 is 0 Å². The molecule has 0 aliphatic carbocycles. The Hall–Kier alpha value is -1.87. The zero-order valence-electron chi connectivity index (χ0n) is 9.97. The quantitative estimate of drug-likeness (QED) is 0.704. The van der Waals surface area contributed by atoms with Crippen LogP contribution in [-0.2, 0) is 6.54 Å². The minimum atomic E-state index is 0.675. The molecular weight excluding hydrogens is 246 g/mol. The van der Waals surface area contributed by atoms with E-state index in [-0.39, 0.29) is 0 Å². The summed E-state index contributed by atoms with van der Waals surface area (Å²) in [7, 11) is 0. The number of benzene rings is 1. The first-order valence-corrected chi connectivity index (χ1v) is 6.13. The average Bonchev–Trinajstić information content (AvgIpc) is 2.70. The lowest BCUT2D eigenvalue weighted by molar-refractivity contribution is 0.680.